The predicted octanol–water partition coefficient (Wildman–Crippen LogP) is 0.997. The summed E-state index contributed by atoms with van der Waals surface area (Å²) in [5, 5.41) is 16.6. The maximum atomic E-state index is 11.3. The normalized spacial score (nSPS) is 11.9. The molecule has 1 atom stereocenters. The maximum absolute atomic E-state index is 11.3. The van der Waals surface area contributed by atoms with Crippen LogP contribution in [0.4, 0.5) is 17.5 Å². The number of nitrogens with one attached hydrogen (secondary N) is 2. The van der Waals surface area contributed by atoms with Gasteiger partial charge in [-0.2, -0.15) is 4.98 Å². The molecule has 0 aromatic carbocycles. The van der Waals surface area contributed by atoms with Crippen LogP contribution in [0.25, 0.3) is 0 Å². The first-order valence-corrected chi connectivity index (χ1v) is 7.41. The Labute approximate surface area is 113 Å². The molecule has 0 spiro atoms. The molecule has 0 aliphatic carbocycles. The number of hydrogen-bond acceptors (Lipinski definition) is 7. The maximum Gasteiger partial charge on any atom is 0.329 e. The molecule has 2 N–H and O–H groups in total. The molecular formula is C10H17N5O3S. The Kier molecular flexibility index (Phi) is 6.13. The average Bonchev–Trinajstić information content (AvgIpc) is 2.38. The number of aromatic nitrogens is 2. The monoisotopic (exact) mass is 287 g/mol. The highest BCUT2D eigenvalue weighted by atomic mass is 32.2. The predicted molar refractivity (Wildman–Crippen MR) is 74.9 cm³/mol. The molecule has 106 valence electrons. The third-order valence-electron chi connectivity index (χ3n) is 2.25. The molecule has 1 rings (SSSR count). The van der Waals surface area contributed by atoms with Gasteiger partial charge in [0.1, 0.15) is 6.20 Å². The standard InChI is InChI=1S/C10H17N5O3S/c1-3-11-10-13-7-8(15(16)17)9(14-10)12-5-6-19(18)4-2/h7H,3-6H2,1-2H3,(H2,11,12,13,14). The summed E-state index contributed by atoms with van der Waals surface area (Å²) in [4.78, 5) is 18.2. The van der Waals surface area contributed by atoms with E-state index in [4.69, 9.17) is 0 Å². The minimum absolute atomic E-state index is 0.143. The summed E-state index contributed by atoms with van der Waals surface area (Å²) in [6.07, 6.45) is 1.16. The Morgan fingerprint density at radius 2 is 2.16 bits per heavy atom. The second-order valence-corrected chi connectivity index (χ2v) is 5.44. The van der Waals surface area contributed by atoms with Gasteiger partial charge >= 0.3 is 5.69 Å². The van der Waals surface area contributed by atoms with Gasteiger partial charge in [-0.15, -0.1) is 0 Å². The average molecular weight is 287 g/mol. The lowest BCUT2D eigenvalue weighted by Crippen LogP contribution is -2.15. The van der Waals surface area contributed by atoms with Gasteiger partial charge in [0.2, 0.25) is 11.8 Å². The third kappa shape index (κ3) is 4.78. The Hall–Kier alpha value is -1.77. The molecule has 19 heavy (non-hydrogen) atoms. The molecule has 0 bridgehead atoms. The first kappa shape index (κ1) is 15.3. The summed E-state index contributed by atoms with van der Waals surface area (Å²) in [7, 11) is -0.918. The minimum Gasteiger partial charge on any atom is -0.363 e. The zero-order valence-corrected chi connectivity index (χ0v) is 11.7. The first-order chi connectivity index (χ1) is 9.08. The smallest absolute Gasteiger partial charge is 0.329 e. The molecule has 1 heterocycles. The SMILES string of the molecule is CCNc1ncc([N+](=O)[O-])c(NCCS(=O)CC)n1. The zero-order chi connectivity index (χ0) is 14.3. The summed E-state index contributed by atoms with van der Waals surface area (Å²) >= 11 is 0. The summed E-state index contributed by atoms with van der Waals surface area (Å²) in [6, 6.07) is 0. The van der Waals surface area contributed by atoms with Crippen LogP contribution >= 0.6 is 0 Å². The van der Waals surface area contributed by atoms with Crippen molar-refractivity contribution in [3.8, 4) is 0 Å². The van der Waals surface area contributed by atoms with Crippen LogP contribution in [0.5, 0.6) is 0 Å². The highest BCUT2D eigenvalue weighted by Gasteiger charge is 2.16. The number of anilines is 2. The van der Waals surface area contributed by atoms with Gasteiger partial charge in [0, 0.05) is 35.4 Å². The summed E-state index contributed by atoms with van der Waals surface area (Å²) < 4.78 is 11.3. The number of nitro groups is 1. The van der Waals surface area contributed by atoms with E-state index in [0.717, 1.165) is 6.20 Å². The van der Waals surface area contributed by atoms with Crippen LogP contribution in [-0.2, 0) is 10.8 Å². The van der Waals surface area contributed by atoms with E-state index in [-0.39, 0.29) is 11.5 Å². The van der Waals surface area contributed by atoms with Gasteiger partial charge in [-0.3, -0.25) is 14.3 Å². The van der Waals surface area contributed by atoms with Crippen molar-refractivity contribution in [3.05, 3.63) is 16.3 Å². The van der Waals surface area contributed by atoms with Crippen LogP contribution in [0.1, 0.15) is 13.8 Å². The van der Waals surface area contributed by atoms with Gasteiger partial charge in [-0.25, -0.2) is 4.98 Å². The fraction of sp³-hybridized carbons (Fsp3) is 0.600. The first-order valence-electron chi connectivity index (χ1n) is 5.92. The van der Waals surface area contributed by atoms with E-state index in [9.17, 15) is 14.3 Å². The lowest BCUT2D eigenvalue weighted by molar-refractivity contribution is -0.384. The molecule has 1 unspecified atom stereocenters. The van der Waals surface area contributed by atoms with Crippen molar-refractivity contribution < 1.29 is 9.13 Å². The Morgan fingerprint density at radius 1 is 1.42 bits per heavy atom. The zero-order valence-electron chi connectivity index (χ0n) is 10.9. The van der Waals surface area contributed by atoms with E-state index in [1.165, 1.54) is 0 Å². The van der Waals surface area contributed by atoms with E-state index in [1.54, 1.807) is 0 Å². The van der Waals surface area contributed by atoms with Crippen molar-refractivity contribution in [2.75, 3.05) is 35.2 Å². The highest BCUT2D eigenvalue weighted by molar-refractivity contribution is 7.84. The van der Waals surface area contributed by atoms with Crippen molar-refractivity contribution in [2.24, 2.45) is 0 Å². The fourth-order valence-corrected chi connectivity index (χ4v) is 1.93. The van der Waals surface area contributed by atoms with Gasteiger partial charge in [-0.05, 0) is 6.92 Å². The van der Waals surface area contributed by atoms with Crippen LogP contribution in [-0.4, -0.2) is 43.7 Å². The summed E-state index contributed by atoms with van der Waals surface area (Å²) in [5.41, 5.74) is -0.191. The van der Waals surface area contributed by atoms with Crippen LogP contribution in [0.3, 0.4) is 0 Å². The van der Waals surface area contributed by atoms with Gasteiger partial charge in [-0.1, -0.05) is 6.92 Å². The Morgan fingerprint density at radius 3 is 2.74 bits per heavy atom. The number of rotatable bonds is 8. The molecule has 0 saturated heterocycles. The molecule has 8 nitrogen and oxygen atoms in total. The third-order valence-corrected chi connectivity index (χ3v) is 3.55. The molecule has 0 aliphatic heterocycles. The minimum atomic E-state index is -0.918. The number of hydrogen-bond donors (Lipinski definition) is 2. The van der Waals surface area contributed by atoms with Crippen molar-refractivity contribution in [3.63, 3.8) is 0 Å². The van der Waals surface area contributed by atoms with Crippen LogP contribution < -0.4 is 10.6 Å². The van der Waals surface area contributed by atoms with Crippen molar-refractivity contribution in [1.29, 1.82) is 0 Å². The van der Waals surface area contributed by atoms with Crippen molar-refractivity contribution >= 4 is 28.3 Å². The van der Waals surface area contributed by atoms with Gasteiger partial charge in [0.05, 0.1) is 4.92 Å². The van der Waals surface area contributed by atoms with E-state index in [2.05, 4.69) is 20.6 Å². The van der Waals surface area contributed by atoms with Crippen LogP contribution in [0.15, 0.2) is 6.20 Å². The number of nitrogens with zero attached hydrogens (tertiary/aromatic N) is 3. The molecule has 0 aliphatic rings. The van der Waals surface area contributed by atoms with Gasteiger partial charge in [0.25, 0.3) is 0 Å². The molecule has 0 radical (unpaired) electrons. The van der Waals surface area contributed by atoms with E-state index in [0.29, 0.717) is 30.5 Å². The van der Waals surface area contributed by atoms with Crippen LogP contribution in [0.2, 0.25) is 0 Å². The molecule has 9 heteroatoms. The largest absolute Gasteiger partial charge is 0.363 e. The van der Waals surface area contributed by atoms with Crippen LogP contribution in [0, 0.1) is 10.1 Å². The van der Waals surface area contributed by atoms with Crippen molar-refractivity contribution in [2.45, 2.75) is 13.8 Å². The van der Waals surface area contributed by atoms with Crippen molar-refractivity contribution in [1.82, 2.24) is 9.97 Å². The fourth-order valence-electron chi connectivity index (χ4n) is 1.31. The second-order valence-electron chi connectivity index (χ2n) is 3.57. The molecule has 0 saturated carbocycles. The van der Waals surface area contributed by atoms with E-state index < -0.39 is 15.7 Å². The van der Waals surface area contributed by atoms with E-state index in [1.807, 2.05) is 13.8 Å². The lowest BCUT2D eigenvalue weighted by atomic mass is 10.4. The molecule has 0 fully saturated rings. The van der Waals surface area contributed by atoms with Gasteiger partial charge in [0.15, 0.2) is 0 Å². The Bertz CT molecular complexity index is 468. The molecule has 1 aromatic heterocycles. The van der Waals surface area contributed by atoms with Gasteiger partial charge < -0.3 is 10.6 Å². The topological polar surface area (TPSA) is 110 Å². The highest BCUT2D eigenvalue weighted by Crippen LogP contribution is 2.21. The summed E-state index contributed by atoms with van der Waals surface area (Å²) in [6.45, 7) is 4.69. The quantitative estimate of drug-likeness (QED) is 0.542. The molecule has 0 amide bonds. The Balaban J connectivity index is 2.79. The lowest BCUT2D eigenvalue weighted by Gasteiger charge is -2.07. The van der Waals surface area contributed by atoms with E-state index >= 15 is 0 Å². The molecule has 1 aromatic rings. The summed E-state index contributed by atoms with van der Waals surface area (Å²) in [5.74, 6) is 1.46. The second kappa shape index (κ2) is 7.62. The molecular weight excluding hydrogens is 270 g/mol.